The van der Waals surface area contributed by atoms with Crippen molar-refractivity contribution in [3.05, 3.63) is 33.9 Å². The maximum atomic E-state index is 12.9. The van der Waals surface area contributed by atoms with Crippen LogP contribution in [-0.2, 0) is 6.18 Å². The van der Waals surface area contributed by atoms with E-state index < -0.39 is 28.5 Å². The van der Waals surface area contributed by atoms with E-state index in [1.54, 1.807) is 4.90 Å². The number of anilines is 1. The van der Waals surface area contributed by atoms with Crippen molar-refractivity contribution in [3.8, 4) is 0 Å². The van der Waals surface area contributed by atoms with E-state index in [4.69, 9.17) is 0 Å². The van der Waals surface area contributed by atoms with Crippen LogP contribution in [0.3, 0.4) is 0 Å². The minimum atomic E-state index is -4.77. The molecule has 0 saturated carbocycles. The minimum Gasteiger partial charge on any atom is -0.393 e. The van der Waals surface area contributed by atoms with Gasteiger partial charge in [-0.15, -0.1) is 0 Å². The van der Waals surface area contributed by atoms with E-state index in [-0.39, 0.29) is 5.69 Å². The van der Waals surface area contributed by atoms with E-state index in [1.807, 2.05) is 0 Å². The van der Waals surface area contributed by atoms with Gasteiger partial charge in [-0.3, -0.25) is 10.1 Å². The standard InChI is InChI=1S/C12H13F3N2O3/c13-12(14,15)10-7-8(1-2-11(10)17(19)20)16-5-3-9(18)4-6-16/h1-2,7,9,18H,3-6H2. The number of aliphatic hydroxyl groups is 1. The Labute approximate surface area is 112 Å². The van der Waals surface area contributed by atoms with Crippen LogP contribution in [0.5, 0.6) is 0 Å². The summed E-state index contributed by atoms with van der Waals surface area (Å²) >= 11 is 0. The van der Waals surface area contributed by atoms with E-state index in [0.717, 1.165) is 12.1 Å². The lowest BCUT2D eigenvalue weighted by Gasteiger charge is -2.31. The maximum Gasteiger partial charge on any atom is 0.423 e. The van der Waals surface area contributed by atoms with E-state index in [0.29, 0.717) is 25.9 Å². The van der Waals surface area contributed by atoms with Gasteiger partial charge < -0.3 is 10.0 Å². The van der Waals surface area contributed by atoms with Crippen molar-refractivity contribution in [2.75, 3.05) is 18.0 Å². The average molecular weight is 290 g/mol. The molecule has 1 heterocycles. The van der Waals surface area contributed by atoms with Crippen LogP contribution in [0.2, 0.25) is 0 Å². The molecule has 1 aromatic rings. The molecular formula is C12H13F3N2O3. The molecule has 5 nitrogen and oxygen atoms in total. The van der Waals surface area contributed by atoms with E-state index in [9.17, 15) is 28.4 Å². The normalized spacial score (nSPS) is 17.3. The molecule has 8 heteroatoms. The van der Waals surface area contributed by atoms with Gasteiger partial charge in [-0.1, -0.05) is 0 Å². The van der Waals surface area contributed by atoms with Gasteiger partial charge in [-0.25, -0.2) is 0 Å². The molecule has 1 aliphatic rings. The molecule has 0 unspecified atom stereocenters. The van der Waals surface area contributed by atoms with Crippen LogP contribution >= 0.6 is 0 Å². The number of piperidine rings is 1. The summed E-state index contributed by atoms with van der Waals surface area (Å²) in [4.78, 5) is 11.3. The topological polar surface area (TPSA) is 66.6 Å². The van der Waals surface area contributed by atoms with Gasteiger partial charge in [0.2, 0.25) is 0 Å². The van der Waals surface area contributed by atoms with E-state index in [2.05, 4.69) is 0 Å². The van der Waals surface area contributed by atoms with Gasteiger partial charge in [-0.05, 0) is 25.0 Å². The van der Waals surface area contributed by atoms with Crippen molar-refractivity contribution in [1.82, 2.24) is 0 Å². The summed E-state index contributed by atoms with van der Waals surface area (Å²) in [6.45, 7) is 0.854. The molecule has 0 aliphatic carbocycles. The van der Waals surface area contributed by atoms with Crippen molar-refractivity contribution < 1.29 is 23.2 Å². The highest BCUT2D eigenvalue weighted by Gasteiger charge is 2.38. The van der Waals surface area contributed by atoms with E-state index in [1.165, 1.54) is 6.07 Å². The summed E-state index contributed by atoms with van der Waals surface area (Å²) in [6, 6.07) is 2.99. The number of benzene rings is 1. The molecule has 1 aromatic carbocycles. The number of nitro groups is 1. The Hall–Kier alpha value is -1.83. The number of hydrogen-bond donors (Lipinski definition) is 1. The number of nitrogens with zero attached hydrogens (tertiary/aromatic N) is 2. The lowest BCUT2D eigenvalue weighted by atomic mass is 10.1. The Bertz CT molecular complexity index is 511. The first-order valence-corrected chi connectivity index (χ1v) is 6.07. The van der Waals surface area contributed by atoms with Crippen LogP contribution in [0, 0.1) is 10.1 Å². The van der Waals surface area contributed by atoms with Gasteiger partial charge in [0.15, 0.2) is 0 Å². The Balaban J connectivity index is 2.35. The second-order valence-corrected chi connectivity index (χ2v) is 4.67. The van der Waals surface area contributed by atoms with Crippen LogP contribution in [0.25, 0.3) is 0 Å². The summed E-state index contributed by atoms with van der Waals surface area (Å²) in [5.41, 5.74) is -1.90. The molecule has 1 fully saturated rings. The lowest BCUT2D eigenvalue weighted by molar-refractivity contribution is -0.388. The summed E-state index contributed by atoms with van der Waals surface area (Å²) < 4.78 is 38.6. The first kappa shape index (κ1) is 14.6. The average Bonchev–Trinajstić information content (AvgIpc) is 2.38. The Kier molecular flexibility index (Phi) is 3.85. The van der Waals surface area contributed by atoms with E-state index >= 15 is 0 Å². The first-order valence-electron chi connectivity index (χ1n) is 6.07. The van der Waals surface area contributed by atoms with Crippen LogP contribution in [-0.4, -0.2) is 29.2 Å². The number of hydrogen-bond acceptors (Lipinski definition) is 4. The Morgan fingerprint density at radius 1 is 1.30 bits per heavy atom. The van der Waals surface area contributed by atoms with Crippen LogP contribution in [0.1, 0.15) is 18.4 Å². The predicted molar refractivity (Wildman–Crippen MR) is 65.6 cm³/mol. The van der Waals surface area contributed by atoms with Crippen molar-refractivity contribution in [2.45, 2.75) is 25.1 Å². The van der Waals surface area contributed by atoms with Gasteiger partial charge in [-0.2, -0.15) is 13.2 Å². The molecule has 0 atom stereocenters. The van der Waals surface area contributed by atoms with Gasteiger partial charge >= 0.3 is 6.18 Å². The molecule has 0 radical (unpaired) electrons. The lowest BCUT2D eigenvalue weighted by Crippen LogP contribution is -2.35. The highest BCUT2D eigenvalue weighted by Crippen LogP contribution is 2.38. The number of aliphatic hydroxyl groups excluding tert-OH is 1. The molecule has 1 N–H and O–H groups in total. The van der Waals surface area contributed by atoms with Crippen molar-refractivity contribution in [3.63, 3.8) is 0 Å². The molecule has 0 bridgehead atoms. The third kappa shape index (κ3) is 3.01. The fourth-order valence-electron chi connectivity index (χ4n) is 2.23. The monoisotopic (exact) mass is 290 g/mol. The quantitative estimate of drug-likeness (QED) is 0.671. The largest absolute Gasteiger partial charge is 0.423 e. The maximum absolute atomic E-state index is 12.9. The molecule has 0 spiro atoms. The Morgan fingerprint density at radius 3 is 2.40 bits per heavy atom. The summed E-state index contributed by atoms with van der Waals surface area (Å²) in [7, 11) is 0. The fourth-order valence-corrected chi connectivity index (χ4v) is 2.23. The first-order chi connectivity index (χ1) is 9.29. The molecule has 1 aliphatic heterocycles. The molecule has 110 valence electrons. The molecule has 2 rings (SSSR count). The predicted octanol–water partition coefficient (Wildman–Crippen LogP) is 2.57. The third-order valence-electron chi connectivity index (χ3n) is 3.31. The second-order valence-electron chi connectivity index (χ2n) is 4.67. The highest BCUT2D eigenvalue weighted by atomic mass is 19.4. The third-order valence-corrected chi connectivity index (χ3v) is 3.31. The van der Waals surface area contributed by atoms with Crippen LogP contribution in [0.4, 0.5) is 24.5 Å². The fraction of sp³-hybridized carbons (Fsp3) is 0.500. The van der Waals surface area contributed by atoms with Crippen LogP contribution < -0.4 is 4.90 Å². The molecule has 1 saturated heterocycles. The van der Waals surface area contributed by atoms with Crippen LogP contribution in [0.15, 0.2) is 18.2 Å². The van der Waals surface area contributed by atoms with Gasteiger partial charge in [0.1, 0.15) is 5.56 Å². The summed E-state index contributed by atoms with van der Waals surface area (Å²) in [6.07, 6.45) is -4.27. The minimum absolute atomic E-state index is 0.287. The SMILES string of the molecule is O=[N+]([O-])c1ccc(N2CCC(O)CC2)cc1C(F)(F)F. The summed E-state index contributed by atoms with van der Waals surface area (Å²) in [5.74, 6) is 0. The molecule has 20 heavy (non-hydrogen) atoms. The number of halogens is 3. The zero-order valence-electron chi connectivity index (χ0n) is 10.4. The number of alkyl halides is 3. The molecular weight excluding hydrogens is 277 g/mol. The van der Waals surface area contributed by atoms with Gasteiger partial charge in [0, 0.05) is 24.8 Å². The number of nitro benzene ring substituents is 1. The molecule has 0 amide bonds. The summed E-state index contributed by atoms with van der Waals surface area (Å²) in [5, 5.41) is 20.0. The van der Waals surface area contributed by atoms with Gasteiger partial charge in [0.25, 0.3) is 5.69 Å². The second kappa shape index (κ2) is 5.28. The smallest absolute Gasteiger partial charge is 0.393 e. The zero-order chi connectivity index (χ0) is 14.9. The molecule has 0 aromatic heterocycles. The van der Waals surface area contributed by atoms with Crippen molar-refractivity contribution in [2.24, 2.45) is 0 Å². The number of rotatable bonds is 2. The van der Waals surface area contributed by atoms with Crippen molar-refractivity contribution in [1.29, 1.82) is 0 Å². The zero-order valence-corrected chi connectivity index (χ0v) is 10.4. The highest BCUT2D eigenvalue weighted by molar-refractivity contribution is 5.57. The van der Waals surface area contributed by atoms with Crippen molar-refractivity contribution >= 4 is 11.4 Å². The Morgan fingerprint density at radius 2 is 1.90 bits per heavy atom. The van der Waals surface area contributed by atoms with Gasteiger partial charge in [0.05, 0.1) is 11.0 Å².